The first-order chi connectivity index (χ1) is 11.1. The Bertz CT molecular complexity index is 758. The molecule has 0 spiro atoms. The second-order valence-electron chi connectivity index (χ2n) is 5.53. The largest absolute Gasteiger partial charge is 0.503 e. The van der Waals surface area contributed by atoms with Crippen LogP contribution < -0.4 is 10.1 Å². The molecule has 23 heavy (non-hydrogen) atoms. The van der Waals surface area contributed by atoms with E-state index in [-0.39, 0.29) is 22.4 Å². The number of hydrogen-bond donors (Lipinski definition) is 2. The Morgan fingerprint density at radius 1 is 1.26 bits per heavy atom. The van der Waals surface area contributed by atoms with Crippen LogP contribution in [0.25, 0.3) is 0 Å². The number of ether oxygens (including phenoxy) is 1. The number of carbonyl (C=O) groups excluding carboxylic acids is 1. The lowest BCUT2D eigenvalue weighted by atomic mass is 10.1. The van der Waals surface area contributed by atoms with Crippen LogP contribution in [0.3, 0.4) is 0 Å². The first-order valence-corrected chi connectivity index (χ1v) is 8.04. The Kier molecular flexibility index (Phi) is 4.44. The number of phenols is 1. The number of halogens is 1. The van der Waals surface area contributed by atoms with Crippen LogP contribution in [0.2, 0.25) is 5.02 Å². The number of benzene rings is 2. The van der Waals surface area contributed by atoms with Crippen molar-refractivity contribution in [2.45, 2.75) is 26.2 Å². The van der Waals surface area contributed by atoms with Crippen LogP contribution in [0.1, 0.15) is 34.8 Å². The average molecular weight is 332 g/mol. The van der Waals surface area contributed by atoms with Gasteiger partial charge >= 0.3 is 0 Å². The molecule has 0 aromatic heterocycles. The molecular weight excluding hydrogens is 314 g/mol. The van der Waals surface area contributed by atoms with Crippen molar-refractivity contribution in [1.82, 2.24) is 0 Å². The second-order valence-corrected chi connectivity index (χ2v) is 5.94. The van der Waals surface area contributed by atoms with Gasteiger partial charge in [-0.05, 0) is 61.6 Å². The van der Waals surface area contributed by atoms with Crippen LogP contribution in [0.4, 0.5) is 5.69 Å². The summed E-state index contributed by atoms with van der Waals surface area (Å²) >= 11 is 5.97. The van der Waals surface area contributed by atoms with Gasteiger partial charge in [-0.2, -0.15) is 0 Å². The summed E-state index contributed by atoms with van der Waals surface area (Å²) in [5.41, 5.74) is 3.76. The smallest absolute Gasteiger partial charge is 0.255 e. The van der Waals surface area contributed by atoms with Crippen LogP contribution in [-0.2, 0) is 12.8 Å². The number of aromatic hydroxyl groups is 1. The third kappa shape index (κ3) is 3.27. The van der Waals surface area contributed by atoms with E-state index in [0.29, 0.717) is 12.2 Å². The molecule has 120 valence electrons. The summed E-state index contributed by atoms with van der Waals surface area (Å²) < 4.78 is 5.30. The van der Waals surface area contributed by atoms with Crippen molar-refractivity contribution >= 4 is 23.2 Å². The Hall–Kier alpha value is -2.20. The van der Waals surface area contributed by atoms with Gasteiger partial charge in [0.05, 0.1) is 11.6 Å². The van der Waals surface area contributed by atoms with E-state index in [1.165, 1.54) is 23.3 Å². The van der Waals surface area contributed by atoms with Gasteiger partial charge in [-0.15, -0.1) is 0 Å². The molecule has 0 heterocycles. The lowest BCUT2D eigenvalue weighted by Crippen LogP contribution is -2.12. The maximum atomic E-state index is 12.4. The molecule has 3 rings (SSSR count). The van der Waals surface area contributed by atoms with Crippen LogP contribution in [0.5, 0.6) is 11.5 Å². The fraction of sp³-hybridized carbons (Fsp3) is 0.278. The Labute approximate surface area is 140 Å². The van der Waals surface area contributed by atoms with Gasteiger partial charge in [-0.3, -0.25) is 4.79 Å². The molecule has 0 atom stereocenters. The van der Waals surface area contributed by atoms with Crippen molar-refractivity contribution in [2.75, 3.05) is 11.9 Å². The van der Waals surface area contributed by atoms with Crippen LogP contribution in [-0.4, -0.2) is 17.6 Å². The molecular formula is C18H18ClNO3. The number of anilines is 1. The number of hydrogen-bond acceptors (Lipinski definition) is 3. The van der Waals surface area contributed by atoms with Crippen LogP contribution >= 0.6 is 11.6 Å². The summed E-state index contributed by atoms with van der Waals surface area (Å²) in [4.78, 5) is 12.4. The van der Waals surface area contributed by atoms with Gasteiger partial charge < -0.3 is 15.2 Å². The van der Waals surface area contributed by atoms with E-state index in [1.807, 2.05) is 12.1 Å². The minimum absolute atomic E-state index is 0.0926. The van der Waals surface area contributed by atoms with Crippen molar-refractivity contribution in [3.63, 3.8) is 0 Å². The highest BCUT2D eigenvalue weighted by Crippen LogP contribution is 2.35. The standard InChI is InChI=1S/C18H18ClNO3/c1-2-23-16-10-13(9-15(19)17(16)21)18(22)20-14-7-6-11-4-3-5-12(11)8-14/h6-10,21H,2-5H2,1H3,(H,20,22). The predicted molar refractivity (Wildman–Crippen MR) is 90.7 cm³/mol. The van der Waals surface area contributed by atoms with Gasteiger partial charge in [0.25, 0.3) is 5.91 Å². The number of aryl methyl sites for hydroxylation is 2. The molecule has 5 heteroatoms. The highest BCUT2D eigenvalue weighted by molar-refractivity contribution is 6.32. The first-order valence-electron chi connectivity index (χ1n) is 7.67. The fourth-order valence-corrected chi connectivity index (χ4v) is 3.03. The molecule has 2 N–H and O–H groups in total. The molecule has 2 aromatic rings. The van der Waals surface area contributed by atoms with Crippen molar-refractivity contribution in [3.8, 4) is 11.5 Å². The molecule has 1 amide bonds. The lowest BCUT2D eigenvalue weighted by molar-refractivity contribution is 0.102. The summed E-state index contributed by atoms with van der Waals surface area (Å²) in [6.07, 6.45) is 3.32. The topological polar surface area (TPSA) is 58.6 Å². The van der Waals surface area contributed by atoms with Gasteiger partial charge in [-0.25, -0.2) is 0 Å². The quantitative estimate of drug-likeness (QED) is 0.883. The summed E-state index contributed by atoms with van der Waals surface area (Å²) in [5, 5.41) is 12.8. The third-order valence-corrected chi connectivity index (χ3v) is 4.23. The second kappa shape index (κ2) is 6.50. The maximum Gasteiger partial charge on any atom is 0.255 e. The fourth-order valence-electron chi connectivity index (χ4n) is 2.82. The highest BCUT2D eigenvalue weighted by Gasteiger charge is 2.16. The zero-order valence-corrected chi connectivity index (χ0v) is 13.6. The molecule has 4 nitrogen and oxygen atoms in total. The first kappa shape index (κ1) is 15.7. The van der Waals surface area contributed by atoms with E-state index in [9.17, 15) is 9.90 Å². The van der Waals surface area contributed by atoms with Crippen molar-refractivity contribution in [2.24, 2.45) is 0 Å². The maximum absolute atomic E-state index is 12.4. The Morgan fingerprint density at radius 2 is 2.04 bits per heavy atom. The van der Waals surface area contributed by atoms with Crippen molar-refractivity contribution < 1.29 is 14.6 Å². The molecule has 1 aliphatic rings. The summed E-state index contributed by atoms with van der Waals surface area (Å²) in [6.45, 7) is 2.17. The molecule has 0 unspecified atom stereocenters. The minimum atomic E-state index is -0.286. The summed E-state index contributed by atoms with van der Waals surface area (Å²) in [5.74, 6) is -0.229. The number of fused-ring (bicyclic) bond motifs is 1. The number of carbonyl (C=O) groups is 1. The minimum Gasteiger partial charge on any atom is -0.503 e. The van der Waals surface area contributed by atoms with Gasteiger partial charge in [0.1, 0.15) is 0 Å². The molecule has 0 radical (unpaired) electrons. The number of rotatable bonds is 4. The average Bonchev–Trinajstić information content (AvgIpc) is 2.99. The van der Waals surface area contributed by atoms with E-state index < -0.39 is 0 Å². The number of nitrogens with one attached hydrogen (secondary N) is 1. The van der Waals surface area contributed by atoms with Gasteiger partial charge in [-0.1, -0.05) is 17.7 Å². The molecule has 0 aliphatic heterocycles. The highest BCUT2D eigenvalue weighted by atomic mass is 35.5. The summed E-state index contributed by atoms with van der Waals surface area (Å²) in [6, 6.07) is 8.92. The zero-order chi connectivity index (χ0) is 16.4. The Balaban J connectivity index is 1.83. The summed E-state index contributed by atoms with van der Waals surface area (Å²) in [7, 11) is 0. The molecule has 0 fully saturated rings. The van der Waals surface area contributed by atoms with Gasteiger partial charge in [0.2, 0.25) is 0 Å². The van der Waals surface area contributed by atoms with E-state index >= 15 is 0 Å². The molecule has 1 aliphatic carbocycles. The zero-order valence-electron chi connectivity index (χ0n) is 12.9. The van der Waals surface area contributed by atoms with E-state index in [4.69, 9.17) is 16.3 Å². The number of phenolic OH excluding ortho intramolecular Hbond substituents is 1. The van der Waals surface area contributed by atoms with E-state index in [2.05, 4.69) is 11.4 Å². The van der Waals surface area contributed by atoms with Crippen LogP contribution in [0, 0.1) is 0 Å². The molecule has 0 bridgehead atoms. The normalized spacial score (nSPS) is 12.8. The Morgan fingerprint density at radius 3 is 2.83 bits per heavy atom. The molecule has 0 saturated carbocycles. The van der Waals surface area contributed by atoms with Crippen molar-refractivity contribution in [3.05, 3.63) is 52.0 Å². The molecule has 2 aromatic carbocycles. The SMILES string of the molecule is CCOc1cc(C(=O)Nc2ccc3c(c2)CCC3)cc(Cl)c1O. The predicted octanol–water partition coefficient (Wildman–Crippen LogP) is 4.19. The van der Waals surface area contributed by atoms with E-state index in [1.54, 1.807) is 6.92 Å². The van der Waals surface area contributed by atoms with Crippen molar-refractivity contribution in [1.29, 1.82) is 0 Å². The van der Waals surface area contributed by atoms with Gasteiger partial charge in [0.15, 0.2) is 11.5 Å². The van der Waals surface area contributed by atoms with E-state index in [0.717, 1.165) is 24.9 Å². The third-order valence-electron chi connectivity index (χ3n) is 3.95. The van der Waals surface area contributed by atoms with Crippen LogP contribution in [0.15, 0.2) is 30.3 Å². The lowest BCUT2D eigenvalue weighted by Gasteiger charge is -2.11. The van der Waals surface area contributed by atoms with Gasteiger partial charge in [0, 0.05) is 11.3 Å². The molecule has 0 saturated heterocycles. The monoisotopic (exact) mass is 331 g/mol. The number of amides is 1.